The number of nitrogens with zero attached hydrogens (tertiary/aromatic N) is 3. The van der Waals surface area contributed by atoms with Gasteiger partial charge in [-0.25, -0.2) is 21.2 Å². The number of aliphatic hydroxyl groups excluding tert-OH is 1. The Bertz CT molecular complexity index is 1960. The summed E-state index contributed by atoms with van der Waals surface area (Å²) in [5.74, 6) is -0.466. The minimum atomic E-state index is -3.92. The zero-order valence-corrected chi connectivity index (χ0v) is 26.2. The maximum atomic E-state index is 13.4. The molecular weight excluding hydrogens is 636 g/mol. The quantitative estimate of drug-likeness (QED) is 0.128. The molecule has 0 bridgehead atoms. The van der Waals surface area contributed by atoms with Crippen LogP contribution in [0.15, 0.2) is 107 Å². The van der Waals surface area contributed by atoms with Crippen molar-refractivity contribution < 1.29 is 30.9 Å². The van der Waals surface area contributed by atoms with Crippen molar-refractivity contribution in [1.82, 2.24) is 25.2 Å². The van der Waals surface area contributed by atoms with E-state index in [1.165, 1.54) is 48.5 Å². The van der Waals surface area contributed by atoms with Gasteiger partial charge in [-0.1, -0.05) is 35.5 Å². The minimum absolute atomic E-state index is 0.00310. The van der Waals surface area contributed by atoms with Gasteiger partial charge in [0, 0.05) is 35.8 Å². The van der Waals surface area contributed by atoms with Crippen molar-refractivity contribution in [3.05, 3.63) is 126 Å². The number of aromatic nitrogens is 3. The van der Waals surface area contributed by atoms with Gasteiger partial charge in [-0.05, 0) is 78.7 Å². The summed E-state index contributed by atoms with van der Waals surface area (Å²) in [7, 11) is -7.63. The van der Waals surface area contributed by atoms with E-state index in [-0.39, 0.29) is 16.6 Å². The highest BCUT2D eigenvalue weighted by Crippen LogP contribution is 2.26. The minimum Gasteiger partial charge on any atom is -0.387 e. The molecule has 12 nitrogen and oxygen atoms in total. The van der Waals surface area contributed by atoms with Crippen LogP contribution in [0.1, 0.15) is 34.7 Å². The third-order valence-electron chi connectivity index (χ3n) is 6.85. The van der Waals surface area contributed by atoms with Crippen molar-refractivity contribution in [1.29, 1.82) is 0 Å². The van der Waals surface area contributed by atoms with E-state index in [2.05, 4.69) is 29.9 Å². The first-order valence-electron chi connectivity index (χ1n) is 14.0. The number of pyridine rings is 1. The lowest BCUT2D eigenvalue weighted by Gasteiger charge is -2.13. The first-order chi connectivity index (χ1) is 22.0. The summed E-state index contributed by atoms with van der Waals surface area (Å²) in [6.45, 7) is 1.00. The Morgan fingerprint density at radius 2 is 1.63 bits per heavy atom. The van der Waals surface area contributed by atoms with Crippen LogP contribution in [0, 0.1) is 5.82 Å². The van der Waals surface area contributed by atoms with Crippen molar-refractivity contribution in [2.24, 2.45) is 0 Å². The Hall–Kier alpha value is -4.54. The van der Waals surface area contributed by atoms with Gasteiger partial charge >= 0.3 is 0 Å². The molecule has 46 heavy (non-hydrogen) atoms. The van der Waals surface area contributed by atoms with Crippen LogP contribution in [0.2, 0.25) is 0 Å². The smallest absolute Gasteiger partial charge is 0.261 e. The summed E-state index contributed by atoms with van der Waals surface area (Å²) < 4.78 is 73.8. The van der Waals surface area contributed by atoms with Gasteiger partial charge < -0.3 is 14.9 Å². The highest BCUT2D eigenvalue weighted by Gasteiger charge is 2.25. The summed E-state index contributed by atoms with van der Waals surface area (Å²) in [5.41, 5.74) is 2.93. The number of hydrogen-bond donors (Lipinski definition) is 4. The van der Waals surface area contributed by atoms with Crippen molar-refractivity contribution in [2.75, 3.05) is 24.1 Å². The number of hydrogen-bond acceptors (Lipinski definition) is 10. The predicted octanol–water partition coefficient (Wildman–Crippen LogP) is 3.58. The normalized spacial score (nSPS) is 13.3. The highest BCUT2D eigenvalue weighted by atomic mass is 32.2. The standard InChI is InChI=1S/C31H31FN6O6S2/c1-45(40,41)38-29(22-6-10-25(32)11-7-22)31-35-30(36-44-31)23-8-14-27(15-9-23)46(42,43)37-26-12-4-21(5-13-26)16-18-34-20-28(39)24-3-2-17-33-19-24/h2-15,17,19,28-29,34,37-39H,16,18,20H2,1H3/t28-,29?/m0/s1. The first kappa shape index (κ1) is 32.8. The van der Waals surface area contributed by atoms with Gasteiger partial charge in [0.2, 0.25) is 21.7 Å². The fraction of sp³-hybridized carbons (Fsp3) is 0.194. The van der Waals surface area contributed by atoms with E-state index in [9.17, 15) is 26.3 Å². The van der Waals surface area contributed by atoms with Crippen LogP contribution in [0.3, 0.4) is 0 Å². The lowest BCUT2D eigenvalue weighted by Crippen LogP contribution is -2.28. The molecule has 0 amide bonds. The SMILES string of the molecule is CS(=O)(=O)NC(c1ccc(F)cc1)c1nc(-c2ccc(S(=O)(=O)Nc3ccc(CCNC[C@H](O)c4cccnc4)cc3)cc2)no1. The molecule has 240 valence electrons. The monoisotopic (exact) mass is 666 g/mol. The van der Waals surface area contributed by atoms with Crippen LogP contribution in [0.25, 0.3) is 11.4 Å². The topological polar surface area (TPSA) is 176 Å². The second kappa shape index (κ2) is 14.3. The summed E-state index contributed by atoms with van der Waals surface area (Å²) in [5, 5.41) is 17.3. The molecule has 5 rings (SSSR count). The Balaban J connectivity index is 1.19. The summed E-state index contributed by atoms with van der Waals surface area (Å²) in [6.07, 6.45) is 4.27. The van der Waals surface area contributed by atoms with E-state index < -0.39 is 38.0 Å². The average Bonchev–Trinajstić information content (AvgIpc) is 3.53. The summed E-state index contributed by atoms with van der Waals surface area (Å²) in [4.78, 5) is 8.31. The zero-order chi connectivity index (χ0) is 32.7. The van der Waals surface area contributed by atoms with Gasteiger partial charge in [-0.2, -0.15) is 9.71 Å². The Morgan fingerprint density at radius 1 is 0.913 bits per heavy atom. The Morgan fingerprint density at radius 3 is 2.28 bits per heavy atom. The third-order valence-corrected chi connectivity index (χ3v) is 8.91. The Kier molecular flexibility index (Phi) is 10.2. The van der Waals surface area contributed by atoms with Gasteiger partial charge in [0.1, 0.15) is 11.9 Å². The fourth-order valence-corrected chi connectivity index (χ4v) is 6.22. The van der Waals surface area contributed by atoms with Crippen LogP contribution in [-0.4, -0.2) is 56.4 Å². The molecule has 1 unspecified atom stereocenters. The van der Waals surface area contributed by atoms with E-state index >= 15 is 0 Å². The molecule has 4 N–H and O–H groups in total. The van der Waals surface area contributed by atoms with Crippen molar-refractivity contribution >= 4 is 25.7 Å². The van der Waals surface area contributed by atoms with E-state index in [1.54, 1.807) is 30.6 Å². The number of aliphatic hydroxyl groups is 1. The molecule has 0 fully saturated rings. The molecule has 5 aromatic rings. The van der Waals surface area contributed by atoms with Crippen LogP contribution in [0.4, 0.5) is 10.1 Å². The molecule has 3 aromatic carbocycles. The molecule has 0 radical (unpaired) electrons. The first-order valence-corrected chi connectivity index (χ1v) is 17.4. The number of anilines is 1. The van der Waals surface area contributed by atoms with Crippen LogP contribution in [0.5, 0.6) is 0 Å². The number of nitrogens with one attached hydrogen (secondary N) is 3. The van der Waals surface area contributed by atoms with Gasteiger partial charge in [0.25, 0.3) is 10.0 Å². The van der Waals surface area contributed by atoms with E-state index in [1.807, 2.05) is 18.2 Å². The van der Waals surface area contributed by atoms with Crippen LogP contribution in [-0.2, 0) is 26.5 Å². The molecule has 2 atom stereocenters. The molecule has 2 heterocycles. The molecule has 0 spiro atoms. The molecule has 2 aromatic heterocycles. The molecule has 0 saturated heterocycles. The van der Waals surface area contributed by atoms with Gasteiger partial charge in [0.15, 0.2) is 0 Å². The van der Waals surface area contributed by atoms with Gasteiger partial charge in [0.05, 0.1) is 17.3 Å². The van der Waals surface area contributed by atoms with Crippen LogP contribution < -0.4 is 14.8 Å². The lowest BCUT2D eigenvalue weighted by atomic mass is 10.1. The molecule has 0 saturated carbocycles. The van der Waals surface area contributed by atoms with Gasteiger partial charge in [-0.15, -0.1) is 0 Å². The van der Waals surface area contributed by atoms with E-state index in [0.29, 0.717) is 36.3 Å². The third kappa shape index (κ3) is 8.80. The van der Waals surface area contributed by atoms with Crippen molar-refractivity contribution in [2.45, 2.75) is 23.5 Å². The maximum Gasteiger partial charge on any atom is 0.261 e. The van der Waals surface area contributed by atoms with Crippen LogP contribution >= 0.6 is 0 Å². The molecule has 0 aliphatic rings. The van der Waals surface area contributed by atoms with Gasteiger partial charge in [-0.3, -0.25) is 9.71 Å². The van der Waals surface area contributed by atoms with Crippen molar-refractivity contribution in [3.8, 4) is 11.4 Å². The second-order valence-corrected chi connectivity index (χ2v) is 13.9. The number of sulfonamides is 2. The maximum absolute atomic E-state index is 13.4. The highest BCUT2D eigenvalue weighted by molar-refractivity contribution is 7.92. The summed E-state index contributed by atoms with van der Waals surface area (Å²) >= 11 is 0. The number of benzene rings is 3. The fourth-order valence-electron chi connectivity index (χ4n) is 4.50. The lowest BCUT2D eigenvalue weighted by molar-refractivity contribution is 0.174. The predicted molar refractivity (Wildman–Crippen MR) is 169 cm³/mol. The molecule has 0 aliphatic carbocycles. The van der Waals surface area contributed by atoms with E-state index in [4.69, 9.17) is 4.52 Å². The van der Waals surface area contributed by atoms with Crippen molar-refractivity contribution in [3.63, 3.8) is 0 Å². The number of rotatable bonds is 14. The number of halogens is 1. The summed E-state index contributed by atoms with van der Waals surface area (Å²) in [6, 6.07) is 20.5. The Labute approximate surface area is 265 Å². The largest absolute Gasteiger partial charge is 0.387 e. The molecule has 15 heteroatoms. The zero-order valence-electron chi connectivity index (χ0n) is 24.5. The molecule has 0 aliphatic heterocycles. The second-order valence-electron chi connectivity index (χ2n) is 10.4. The average molecular weight is 667 g/mol. The molecular formula is C31H31FN6O6S2. The van der Waals surface area contributed by atoms with E-state index in [0.717, 1.165) is 17.4 Å².